The van der Waals surface area contributed by atoms with E-state index >= 15 is 0 Å². The van der Waals surface area contributed by atoms with Crippen molar-refractivity contribution in [1.29, 1.82) is 0 Å². The molecule has 0 spiro atoms. The SMILES string of the molecule is O=C(Nc1cccc(F)c1)N[C@@](Cc1ccccc1)(c1cc(F)cc(C(F)(F)F)c1)c1ccc(Cl)cn1. The van der Waals surface area contributed by atoms with Gasteiger partial charge < -0.3 is 10.6 Å². The number of carbonyl (C=O) groups excluding carboxylic acids is 1. The molecule has 1 atom stereocenters. The molecular weight excluding hydrogens is 513 g/mol. The van der Waals surface area contributed by atoms with Crippen LogP contribution in [0.5, 0.6) is 0 Å². The van der Waals surface area contributed by atoms with Crippen LogP contribution in [0.15, 0.2) is 91.1 Å². The van der Waals surface area contributed by atoms with Gasteiger partial charge in [0.05, 0.1) is 16.3 Å². The Morgan fingerprint density at radius 2 is 1.57 bits per heavy atom. The molecule has 0 unspecified atom stereocenters. The number of benzene rings is 3. The predicted octanol–water partition coefficient (Wildman–Crippen LogP) is 7.34. The number of halogens is 6. The molecular formula is C27H19ClF5N3O. The van der Waals surface area contributed by atoms with Gasteiger partial charge in [-0.25, -0.2) is 13.6 Å². The number of carbonyl (C=O) groups is 1. The van der Waals surface area contributed by atoms with Crippen LogP contribution in [0.3, 0.4) is 0 Å². The van der Waals surface area contributed by atoms with Crippen LogP contribution >= 0.6 is 11.6 Å². The Bertz CT molecular complexity index is 1400. The number of anilines is 1. The molecule has 4 rings (SSSR count). The first-order valence-electron chi connectivity index (χ1n) is 10.9. The van der Waals surface area contributed by atoms with Gasteiger partial charge in [0.2, 0.25) is 0 Å². The molecule has 1 aromatic heterocycles. The van der Waals surface area contributed by atoms with Crippen molar-refractivity contribution in [3.05, 3.63) is 130 Å². The monoisotopic (exact) mass is 531 g/mol. The highest BCUT2D eigenvalue weighted by Crippen LogP contribution is 2.38. The standard InChI is InChI=1S/C27H19ClF5N3O/c28-20-9-10-24(34-16-20)26(15-17-5-2-1-3-6-17,18-11-19(27(31,32)33)13-22(30)12-18)36-25(37)35-23-8-4-7-21(29)14-23/h1-14,16H,15H2,(H2,35,36,37)/t26-/m0/s1. The van der Waals surface area contributed by atoms with Gasteiger partial charge in [0.15, 0.2) is 0 Å². The zero-order valence-electron chi connectivity index (χ0n) is 19.0. The fourth-order valence-electron chi connectivity index (χ4n) is 3.97. The van der Waals surface area contributed by atoms with Crippen molar-refractivity contribution in [1.82, 2.24) is 10.3 Å². The summed E-state index contributed by atoms with van der Waals surface area (Å²) in [5.41, 5.74) is -2.40. The predicted molar refractivity (Wildman–Crippen MR) is 130 cm³/mol. The highest BCUT2D eigenvalue weighted by atomic mass is 35.5. The number of amides is 2. The van der Waals surface area contributed by atoms with E-state index in [2.05, 4.69) is 15.6 Å². The van der Waals surface area contributed by atoms with Crippen LogP contribution in [0.2, 0.25) is 5.02 Å². The van der Waals surface area contributed by atoms with Crippen molar-refractivity contribution in [2.24, 2.45) is 0 Å². The molecule has 2 N–H and O–H groups in total. The van der Waals surface area contributed by atoms with Gasteiger partial charge in [-0.05, 0) is 59.7 Å². The van der Waals surface area contributed by atoms with Gasteiger partial charge in [-0.3, -0.25) is 4.98 Å². The molecule has 37 heavy (non-hydrogen) atoms. The molecule has 10 heteroatoms. The number of hydrogen-bond acceptors (Lipinski definition) is 2. The third kappa shape index (κ3) is 6.24. The van der Waals surface area contributed by atoms with Crippen molar-refractivity contribution in [3.8, 4) is 0 Å². The average molecular weight is 532 g/mol. The molecule has 0 fully saturated rings. The lowest BCUT2D eigenvalue weighted by molar-refractivity contribution is -0.137. The first-order chi connectivity index (χ1) is 17.5. The molecule has 0 bridgehead atoms. The van der Waals surface area contributed by atoms with Crippen LogP contribution in [-0.2, 0) is 18.1 Å². The van der Waals surface area contributed by atoms with E-state index in [4.69, 9.17) is 11.6 Å². The second kappa shape index (κ2) is 10.6. The van der Waals surface area contributed by atoms with Crippen molar-refractivity contribution < 1.29 is 26.7 Å². The van der Waals surface area contributed by atoms with Crippen LogP contribution in [0.25, 0.3) is 0 Å². The van der Waals surface area contributed by atoms with Crippen LogP contribution < -0.4 is 10.6 Å². The van der Waals surface area contributed by atoms with Crippen LogP contribution in [-0.4, -0.2) is 11.0 Å². The van der Waals surface area contributed by atoms with E-state index in [1.54, 1.807) is 30.3 Å². The highest BCUT2D eigenvalue weighted by molar-refractivity contribution is 6.30. The molecule has 4 nitrogen and oxygen atoms in total. The number of rotatable bonds is 6. The van der Waals surface area contributed by atoms with Gasteiger partial charge in [-0.15, -0.1) is 0 Å². The van der Waals surface area contributed by atoms with E-state index in [0.717, 1.165) is 18.2 Å². The Morgan fingerprint density at radius 3 is 2.22 bits per heavy atom. The lowest BCUT2D eigenvalue weighted by atomic mass is 9.79. The van der Waals surface area contributed by atoms with Crippen molar-refractivity contribution in [2.75, 3.05) is 5.32 Å². The summed E-state index contributed by atoms with van der Waals surface area (Å²) in [6.45, 7) is 0. The number of hydrogen-bond donors (Lipinski definition) is 2. The number of urea groups is 1. The minimum Gasteiger partial charge on any atom is -0.322 e. The summed E-state index contributed by atoms with van der Waals surface area (Å²) >= 11 is 6.00. The number of pyridine rings is 1. The minimum atomic E-state index is -4.85. The topological polar surface area (TPSA) is 54.0 Å². The Balaban J connectivity index is 1.91. The summed E-state index contributed by atoms with van der Waals surface area (Å²) in [6.07, 6.45) is -3.68. The normalized spacial score (nSPS) is 13.0. The summed E-state index contributed by atoms with van der Waals surface area (Å²) in [6, 6.07) is 17.7. The molecule has 0 saturated heterocycles. The molecule has 190 valence electrons. The largest absolute Gasteiger partial charge is 0.416 e. The Labute approximate surface area is 214 Å². The quantitative estimate of drug-likeness (QED) is 0.256. The molecule has 0 saturated carbocycles. The number of aromatic nitrogens is 1. The Kier molecular flexibility index (Phi) is 7.45. The molecule has 0 aliphatic carbocycles. The van der Waals surface area contributed by atoms with Gasteiger partial charge in [-0.1, -0.05) is 48.0 Å². The maximum atomic E-state index is 14.6. The lowest BCUT2D eigenvalue weighted by Gasteiger charge is -2.36. The van der Waals surface area contributed by atoms with Gasteiger partial charge in [-0.2, -0.15) is 13.2 Å². The van der Waals surface area contributed by atoms with E-state index in [1.165, 1.54) is 36.5 Å². The molecule has 4 aromatic rings. The first kappa shape index (κ1) is 26.1. The fraction of sp³-hybridized carbons (Fsp3) is 0.111. The Hall–Kier alpha value is -3.98. The molecule has 0 aliphatic heterocycles. The third-order valence-corrected chi connectivity index (χ3v) is 5.83. The smallest absolute Gasteiger partial charge is 0.322 e. The average Bonchev–Trinajstić information content (AvgIpc) is 2.84. The maximum Gasteiger partial charge on any atom is 0.416 e. The van der Waals surface area contributed by atoms with E-state index in [-0.39, 0.29) is 28.4 Å². The van der Waals surface area contributed by atoms with Crippen LogP contribution in [0.4, 0.5) is 32.4 Å². The summed E-state index contributed by atoms with van der Waals surface area (Å²) < 4.78 is 69.3. The molecule has 1 heterocycles. The number of alkyl halides is 3. The van der Waals surface area contributed by atoms with Crippen molar-refractivity contribution in [3.63, 3.8) is 0 Å². The van der Waals surface area contributed by atoms with Crippen LogP contribution in [0.1, 0.15) is 22.4 Å². The molecule has 2 amide bonds. The molecule has 3 aromatic carbocycles. The van der Waals surface area contributed by atoms with Gasteiger partial charge in [0, 0.05) is 18.3 Å². The number of nitrogens with zero attached hydrogens (tertiary/aromatic N) is 1. The molecule has 0 radical (unpaired) electrons. The second-order valence-electron chi connectivity index (χ2n) is 8.25. The van der Waals surface area contributed by atoms with E-state index in [9.17, 15) is 26.7 Å². The van der Waals surface area contributed by atoms with Gasteiger partial charge in [0.1, 0.15) is 17.2 Å². The lowest BCUT2D eigenvalue weighted by Crippen LogP contribution is -2.50. The molecule has 0 aliphatic rings. The maximum absolute atomic E-state index is 14.6. The summed E-state index contributed by atoms with van der Waals surface area (Å²) in [5.74, 6) is -1.75. The summed E-state index contributed by atoms with van der Waals surface area (Å²) in [5, 5.41) is 5.41. The zero-order valence-corrected chi connectivity index (χ0v) is 19.7. The highest BCUT2D eigenvalue weighted by Gasteiger charge is 2.41. The van der Waals surface area contributed by atoms with Crippen LogP contribution in [0, 0.1) is 11.6 Å². The first-order valence-corrected chi connectivity index (χ1v) is 11.3. The number of nitrogens with one attached hydrogen (secondary N) is 2. The van der Waals surface area contributed by atoms with Gasteiger partial charge in [0.25, 0.3) is 0 Å². The van der Waals surface area contributed by atoms with Crippen molar-refractivity contribution >= 4 is 23.3 Å². The fourth-order valence-corrected chi connectivity index (χ4v) is 4.09. The third-order valence-electron chi connectivity index (χ3n) is 5.60. The van der Waals surface area contributed by atoms with E-state index in [1.807, 2.05) is 0 Å². The van der Waals surface area contributed by atoms with Gasteiger partial charge >= 0.3 is 12.2 Å². The zero-order chi connectivity index (χ0) is 26.6. The second-order valence-corrected chi connectivity index (χ2v) is 8.68. The minimum absolute atomic E-state index is 0.0974. The van der Waals surface area contributed by atoms with E-state index < -0.39 is 34.9 Å². The summed E-state index contributed by atoms with van der Waals surface area (Å²) in [7, 11) is 0. The van der Waals surface area contributed by atoms with Crippen molar-refractivity contribution in [2.45, 2.75) is 18.1 Å². The Morgan fingerprint density at radius 1 is 0.838 bits per heavy atom. The van der Waals surface area contributed by atoms with E-state index in [0.29, 0.717) is 11.6 Å². The summed E-state index contributed by atoms with van der Waals surface area (Å²) in [4.78, 5) is 17.5.